The van der Waals surface area contributed by atoms with Crippen LogP contribution >= 0.6 is 47.8 Å². The van der Waals surface area contributed by atoms with E-state index in [4.69, 9.17) is 0 Å². The van der Waals surface area contributed by atoms with Crippen LogP contribution in [0.2, 0.25) is 0 Å². The lowest BCUT2D eigenvalue weighted by Gasteiger charge is -2.10. The van der Waals surface area contributed by atoms with Crippen molar-refractivity contribution in [3.8, 4) is 0 Å². The number of fused-ring (bicyclic) bond motifs is 2. The first-order chi connectivity index (χ1) is 21.2. The van der Waals surface area contributed by atoms with Crippen LogP contribution in [-0.2, 0) is 24.6 Å². The molecule has 6 rings (SSSR count). The van der Waals surface area contributed by atoms with Crippen LogP contribution in [0.3, 0.4) is 0 Å². The number of ketones is 2. The van der Waals surface area contributed by atoms with Gasteiger partial charge in [0.05, 0.1) is 0 Å². The van der Waals surface area contributed by atoms with E-state index in [-0.39, 0.29) is 30.0 Å². The van der Waals surface area contributed by atoms with Gasteiger partial charge in [-0.3, -0.25) is 9.59 Å². The van der Waals surface area contributed by atoms with Gasteiger partial charge in [-0.05, 0) is 90.0 Å². The van der Waals surface area contributed by atoms with Crippen LogP contribution in [0.25, 0.3) is 0 Å². The topological polar surface area (TPSA) is 34.1 Å². The third-order valence-corrected chi connectivity index (χ3v) is 9.19. The number of rotatable bonds is 3. The van der Waals surface area contributed by atoms with Crippen molar-refractivity contribution >= 4 is 59.4 Å². The first kappa shape index (κ1) is 35.0. The highest BCUT2D eigenvalue weighted by atomic mass is 79.9. The third-order valence-electron chi connectivity index (χ3n) is 7.11. The van der Waals surface area contributed by atoms with E-state index in [2.05, 4.69) is 47.8 Å². The minimum atomic E-state index is -1.07. The zero-order valence-electron chi connectivity index (χ0n) is 22.7. The average molecular weight is 827 g/mol. The molecule has 0 N–H and O–H groups in total. The van der Waals surface area contributed by atoms with Crippen LogP contribution < -0.4 is 0 Å². The van der Waals surface area contributed by atoms with E-state index in [0.29, 0.717) is 54.9 Å². The number of hydrogen-bond acceptors (Lipinski definition) is 2. The van der Waals surface area contributed by atoms with Crippen molar-refractivity contribution in [3.05, 3.63) is 137 Å². The molecule has 0 bridgehead atoms. The van der Waals surface area contributed by atoms with E-state index < -0.39 is 52.5 Å². The van der Waals surface area contributed by atoms with Crippen LogP contribution in [0.5, 0.6) is 0 Å². The molecule has 13 heteroatoms. The largest absolute Gasteiger partial charge is 0.294 e. The fourth-order valence-electron chi connectivity index (χ4n) is 4.82. The molecule has 0 aliphatic heterocycles. The molecule has 0 heterocycles. The number of Topliss-reactive ketones (excluding diaryl/α,β-unsaturated/α-hetero) is 2. The van der Waals surface area contributed by atoms with E-state index >= 15 is 0 Å². The summed E-state index contributed by atoms with van der Waals surface area (Å²) in [6.07, 6.45) is 1.31. The predicted molar refractivity (Wildman–Crippen MR) is 161 cm³/mol. The summed E-state index contributed by atoms with van der Waals surface area (Å²) < 4.78 is 104. The number of halogens is 11. The quantitative estimate of drug-likeness (QED) is 0.117. The molecule has 0 saturated heterocycles. The molecule has 2 nitrogen and oxygen atoms in total. The maximum Gasteiger partial charge on any atom is 0.166 e. The summed E-state index contributed by atoms with van der Waals surface area (Å²) in [7, 11) is 0. The normalized spacial score (nSPS) is 14.8. The Labute approximate surface area is 277 Å². The monoisotopic (exact) mass is 824 g/mol. The van der Waals surface area contributed by atoms with Gasteiger partial charge in [0.1, 0.15) is 0 Å². The molecule has 2 aliphatic carbocycles. The average Bonchev–Trinajstić information content (AvgIpc) is 3.48. The molecule has 236 valence electrons. The van der Waals surface area contributed by atoms with Crippen molar-refractivity contribution < 1.29 is 44.7 Å². The first-order valence-corrected chi connectivity index (χ1v) is 15.8. The molecular weight excluding hydrogens is 808 g/mol. The van der Waals surface area contributed by atoms with Gasteiger partial charge < -0.3 is 0 Å². The Morgan fingerprint density at radius 2 is 1.00 bits per heavy atom. The van der Waals surface area contributed by atoms with Crippen molar-refractivity contribution in [2.75, 3.05) is 0 Å². The smallest absolute Gasteiger partial charge is 0.166 e. The highest BCUT2D eigenvalue weighted by Gasteiger charge is 2.32. The summed E-state index contributed by atoms with van der Waals surface area (Å²) in [4.78, 5) is 23.3. The summed E-state index contributed by atoms with van der Waals surface area (Å²) in [6, 6.07) is 8.30. The second-order valence-corrected chi connectivity index (χ2v) is 12.4. The Bertz CT molecular complexity index is 1810. The van der Waals surface area contributed by atoms with Crippen LogP contribution in [-0.4, -0.2) is 11.6 Å². The number of benzene rings is 4. The molecular formula is C32H19Br3F8O2. The number of carbonyl (C=O) groups is 2. The fraction of sp³-hybridized carbons (Fsp3) is 0.188. The Kier molecular flexibility index (Phi) is 11.4. The molecule has 0 radical (unpaired) electrons. The van der Waals surface area contributed by atoms with E-state index in [1.54, 1.807) is 0 Å². The maximum atomic E-state index is 13.3. The highest BCUT2D eigenvalue weighted by molar-refractivity contribution is 9.11. The second kappa shape index (κ2) is 14.7. The Hall–Kier alpha value is -2.90. The molecule has 1 atom stereocenters. The predicted octanol–water partition coefficient (Wildman–Crippen LogP) is 10.3. The molecule has 0 spiro atoms. The summed E-state index contributed by atoms with van der Waals surface area (Å²) >= 11 is 9.38. The van der Waals surface area contributed by atoms with E-state index in [9.17, 15) is 44.7 Å². The lowest BCUT2D eigenvalue weighted by molar-refractivity contribution is 0.0934. The molecule has 0 aromatic heterocycles. The standard InChI is InChI=1S/C16H9BrF4O.C9H6F2O.C7H4Br2F2/c17-11-6-15(21)13(19)4-8(11)2-9-1-7-3-12(18)14(20)5-10(7)16(9)22;10-7-3-5-1-2-9(12)6(5)4-8(7)11;8-3-4-1-6(10)7(11)2-5(4)9/h3-6,9H,1-2H2;3-4H,1-2H2;1-2H,3H2. The van der Waals surface area contributed by atoms with Crippen molar-refractivity contribution in [1.29, 1.82) is 0 Å². The number of hydrogen-bond donors (Lipinski definition) is 0. The van der Waals surface area contributed by atoms with Crippen LogP contribution in [0, 0.1) is 52.5 Å². The van der Waals surface area contributed by atoms with Crippen LogP contribution in [0.15, 0.2) is 57.5 Å². The molecule has 2 aliphatic rings. The molecule has 45 heavy (non-hydrogen) atoms. The number of alkyl halides is 1. The summed E-state index contributed by atoms with van der Waals surface area (Å²) in [6.45, 7) is 0. The molecule has 1 unspecified atom stereocenters. The van der Waals surface area contributed by atoms with E-state index in [1.165, 1.54) is 0 Å². The van der Waals surface area contributed by atoms with Gasteiger partial charge in [0, 0.05) is 37.7 Å². The van der Waals surface area contributed by atoms with E-state index in [1.807, 2.05) is 0 Å². The van der Waals surface area contributed by atoms with Gasteiger partial charge in [0.15, 0.2) is 58.1 Å². The second-order valence-electron chi connectivity index (χ2n) is 10.1. The van der Waals surface area contributed by atoms with Crippen LogP contribution in [0.1, 0.15) is 49.4 Å². The van der Waals surface area contributed by atoms with E-state index in [0.717, 1.165) is 48.5 Å². The summed E-state index contributed by atoms with van der Waals surface area (Å²) in [5, 5.41) is 0.505. The van der Waals surface area contributed by atoms with Crippen molar-refractivity contribution in [1.82, 2.24) is 0 Å². The zero-order chi connectivity index (χ0) is 33.2. The van der Waals surface area contributed by atoms with Gasteiger partial charge in [-0.15, -0.1) is 0 Å². The summed E-state index contributed by atoms with van der Waals surface area (Å²) in [5.74, 6) is -8.47. The maximum absolute atomic E-state index is 13.3. The highest BCUT2D eigenvalue weighted by Crippen LogP contribution is 2.33. The Morgan fingerprint density at radius 3 is 1.58 bits per heavy atom. The van der Waals surface area contributed by atoms with Gasteiger partial charge in [-0.1, -0.05) is 47.8 Å². The molecule has 0 amide bonds. The molecule has 0 fully saturated rings. The van der Waals surface area contributed by atoms with Gasteiger partial charge in [-0.2, -0.15) is 0 Å². The number of aryl methyl sites for hydroxylation is 1. The van der Waals surface area contributed by atoms with Gasteiger partial charge in [0.25, 0.3) is 0 Å². The minimum Gasteiger partial charge on any atom is -0.294 e. The fourth-order valence-corrected chi connectivity index (χ4v) is 6.59. The lowest BCUT2D eigenvalue weighted by Crippen LogP contribution is -2.13. The van der Waals surface area contributed by atoms with Gasteiger partial charge >= 0.3 is 0 Å². The third kappa shape index (κ3) is 8.10. The van der Waals surface area contributed by atoms with Crippen molar-refractivity contribution in [2.45, 2.75) is 31.0 Å². The molecule has 4 aromatic carbocycles. The van der Waals surface area contributed by atoms with Gasteiger partial charge in [-0.25, -0.2) is 35.1 Å². The first-order valence-electron chi connectivity index (χ1n) is 13.1. The lowest BCUT2D eigenvalue weighted by atomic mass is 9.95. The van der Waals surface area contributed by atoms with Crippen molar-refractivity contribution in [2.24, 2.45) is 5.92 Å². The SMILES string of the molecule is Fc1cc(Br)c(CBr)cc1F.O=C1CCc2cc(F)c(F)cc21.O=C1c2cc(F)c(F)cc2CC1Cc1cc(F)c(F)cc1Br. The van der Waals surface area contributed by atoms with Crippen LogP contribution in [0.4, 0.5) is 35.1 Å². The van der Waals surface area contributed by atoms with Crippen molar-refractivity contribution in [3.63, 3.8) is 0 Å². The Balaban J connectivity index is 0.000000169. The minimum absolute atomic E-state index is 0.0936. The molecule has 0 saturated carbocycles. The zero-order valence-corrected chi connectivity index (χ0v) is 27.5. The summed E-state index contributed by atoms with van der Waals surface area (Å²) in [5.41, 5.74) is 2.69. The number of carbonyl (C=O) groups excluding carboxylic acids is 2. The molecule has 4 aromatic rings. The Morgan fingerprint density at radius 1 is 0.556 bits per heavy atom. The van der Waals surface area contributed by atoms with Gasteiger partial charge in [0.2, 0.25) is 0 Å².